The molecule has 1 amide bonds. The fraction of sp³-hybridized carbons (Fsp3) is 0.200. The molecule has 0 saturated heterocycles. The Hall–Kier alpha value is -2.18. The lowest BCUT2D eigenvalue weighted by molar-refractivity contribution is -0.148. The molecule has 5 nitrogen and oxygen atoms in total. The molecule has 0 saturated carbocycles. The van der Waals surface area contributed by atoms with Gasteiger partial charge in [0.25, 0.3) is 5.91 Å². The van der Waals surface area contributed by atoms with Crippen molar-refractivity contribution in [3.63, 3.8) is 0 Å². The van der Waals surface area contributed by atoms with Crippen LogP contribution in [-0.4, -0.2) is 28.5 Å². The van der Waals surface area contributed by atoms with Crippen molar-refractivity contribution < 1.29 is 19.4 Å². The summed E-state index contributed by atoms with van der Waals surface area (Å²) in [5, 5.41) is 10.7. The number of hydrogen-bond donors (Lipinski definition) is 1. The molecule has 1 aromatic heterocycles. The summed E-state index contributed by atoms with van der Waals surface area (Å²) in [6.45, 7) is -0.0251. The molecule has 0 spiro atoms. The normalized spacial score (nSPS) is 17.0. The number of carboxylic acids is 1. The third-order valence-corrected chi connectivity index (χ3v) is 4.13. The average Bonchev–Trinajstić information content (AvgIpc) is 3.06. The monoisotopic (exact) mass is 303 g/mol. The maximum absolute atomic E-state index is 12.5. The van der Waals surface area contributed by atoms with Gasteiger partial charge in [0.15, 0.2) is 6.23 Å². The van der Waals surface area contributed by atoms with E-state index in [1.54, 1.807) is 34.4 Å². The van der Waals surface area contributed by atoms with E-state index in [4.69, 9.17) is 9.84 Å². The van der Waals surface area contributed by atoms with Crippen molar-refractivity contribution in [3.05, 3.63) is 57.8 Å². The molecule has 2 aromatic rings. The predicted octanol–water partition coefficient (Wildman–Crippen LogP) is 2.50. The van der Waals surface area contributed by atoms with Gasteiger partial charge in [0, 0.05) is 16.0 Å². The molecule has 3 rings (SSSR count). The SMILES string of the molecule is O=C(O)COC1c2ccccc2C(=O)N1Cc1cccs1. The van der Waals surface area contributed by atoms with E-state index < -0.39 is 18.8 Å². The second-order valence-electron chi connectivity index (χ2n) is 4.66. The Kier molecular flexibility index (Phi) is 3.72. The number of benzene rings is 1. The minimum Gasteiger partial charge on any atom is -0.480 e. The summed E-state index contributed by atoms with van der Waals surface area (Å²) in [6.07, 6.45) is -0.646. The van der Waals surface area contributed by atoms with E-state index in [2.05, 4.69) is 0 Å². The Balaban J connectivity index is 1.90. The summed E-state index contributed by atoms with van der Waals surface area (Å²) in [5.74, 6) is -1.18. The summed E-state index contributed by atoms with van der Waals surface area (Å²) in [6, 6.07) is 11.0. The summed E-state index contributed by atoms with van der Waals surface area (Å²) in [7, 11) is 0. The first kappa shape index (κ1) is 13.8. The molecule has 1 unspecified atom stereocenters. The summed E-state index contributed by atoms with van der Waals surface area (Å²) < 4.78 is 5.43. The molecule has 2 heterocycles. The minimum atomic E-state index is -1.05. The van der Waals surface area contributed by atoms with Gasteiger partial charge < -0.3 is 14.7 Å². The standard InChI is InChI=1S/C15H13NO4S/c17-13(18)9-20-15-12-6-2-1-5-11(12)14(19)16(15)8-10-4-3-7-21-10/h1-7,15H,8-9H2,(H,17,18). The molecule has 1 aliphatic heterocycles. The number of ether oxygens (including phenoxy) is 1. The van der Waals surface area contributed by atoms with Gasteiger partial charge in [-0.05, 0) is 17.5 Å². The maximum Gasteiger partial charge on any atom is 0.329 e. The quantitative estimate of drug-likeness (QED) is 0.921. The van der Waals surface area contributed by atoms with Gasteiger partial charge in [-0.15, -0.1) is 11.3 Å². The van der Waals surface area contributed by atoms with Gasteiger partial charge in [-0.2, -0.15) is 0 Å². The van der Waals surface area contributed by atoms with E-state index in [9.17, 15) is 9.59 Å². The topological polar surface area (TPSA) is 66.8 Å². The van der Waals surface area contributed by atoms with Crippen molar-refractivity contribution in [1.82, 2.24) is 4.90 Å². The van der Waals surface area contributed by atoms with Gasteiger partial charge in [0.05, 0.1) is 6.54 Å². The Labute approximate surface area is 125 Å². The van der Waals surface area contributed by atoms with Crippen LogP contribution in [0.15, 0.2) is 41.8 Å². The number of amides is 1. The second-order valence-corrected chi connectivity index (χ2v) is 5.69. The van der Waals surface area contributed by atoms with E-state index in [1.807, 2.05) is 23.6 Å². The third-order valence-electron chi connectivity index (χ3n) is 3.27. The van der Waals surface area contributed by atoms with Crippen LogP contribution >= 0.6 is 11.3 Å². The van der Waals surface area contributed by atoms with E-state index in [1.165, 1.54) is 0 Å². The van der Waals surface area contributed by atoms with Crippen molar-refractivity contribution in [3.8, 4) is 0 Å². The zero-order valence-corrected chi connectivity index (χ0v) is 11.9. The zero-order chi connectivity index (χ0) is 14.8. The van der Waals surface area contributed by atoms with Gasteiger partial charge in [-0.25, -0.2) is 4.79 Å². The first-order chi connectivity index (χ1) is 10.2. The number of fused-ring (bicyclic) bond motifs is 1. The van der Waals surface area contributed by atoms with E-state index in [0.717, 1.165) is 10.4 Å². The number of aliphatic carboxylic acids is 1. The Morgan fingerprint density at radius 2 is 2.10 bits per heavy atom. The molecule has 0 fully saturated rings. The molecule has 1 N–H and O–H groups in total. The van der Waals surface area contributed by atoms with E-state index in [0.29, 0.717) is 12.1 Å². The van der Waals surface area contributed by atoms with E-state index >= 15 is 0 Å². The highest BCUT2D eigenvalue weighted by Gasteiger charge is 2.37. The van der Waals surface area contributed by atoms with Crippen molar-refractivity contribution in [2.45, 2.75) is 12.8 Å². The van der Waals surface area contributed by atoms with Crippen LogP contribution in [0.3, 0.4) is 0 Å². The number of carboxylic acid groups (broad SMARTS) is 1. The van der Waals surface area contributed by atoms with Crippen molar-refractivity contribution in [2.75, 3.05) is 6.61 Å². The molecular formula is C15H13NO4S. The molecular weight excluding hydrogens is 290 g/mol. The summed E-state index contributed by atoms with van der Waals surface area (Å²) in [4.78, 5) is 25.8. The van der Waals surface area contributed by atoms with Crippen LogP contribution in [0.1, 0.15) is 27.0 Å². The van der Waals surface area contributed by atoms with Crippen LogP contribution < -0.4 is 0 Å². The molecule has 6 heteroatoms. The maximum atomic E-state index is 12.5. The van der Waals surface area contributed by atoms with Gasteiger partial charge in [0.2, 0.25) is 0 Å². The minimum absolute atomic E-state index is 0.130. The number of carbonyl (C=O) groups excluding carboxylic acids is 1. The molecule has 108 valence electrons. The molecule has 1 aromatic carbocycles. The van der Waals surface area contributed by atoms with Gasteiger partial charge >= 0.3 is 5.97 Å². The van der Waals surface area contributed by atoms with Crippen LogP contribution in [0.2, 0.25) is 0 Å². The van der Waals surface area contributed by atoms with Crippen molar-refractivity contribution in [1.29, 1.82) is 0 Å². The number of thiophene rings is 1. The first-order valence-electron chi connectivity index (χ1n) is 6.42. The van der Waals surface area contributed by atoms with Crippen LogP contribution in [0.4, 0.5) is 0 Å². The lowest BCUT2D eigenvalue weighted by Gasteiger charge is -2.24. The highest BCUT2D eigenvalue weighted by molar-refractivity contribution is 7.09. The number of hydrogen-bond acceptors (Lipinski definition) is 4. The summed E-state index contributed by atoms with van der Waals surface area (Å²) >= 11 is 1.55. The summed E-state index contributed by atoms with van der Waals surface area (Å²) in [5.41, 5.74) is 1.30. The fourth-order valence-corrected chi connectivity index (χ4v) is 3.09. The Bertz CT molecular complexity index is 668. The molecule has 0 bridgehead atoms. The van der Waals surface area contributed by atoms with Crippen molar-refractivity contribution >= 4 is 23.2 Å². The first-order valence-corrected chi connectivity index (χ1v) is 7.30. The average molecular weight is 303 g/mol. The van der Waals surface area contributed by atoms with Gasteiger partial charge in [-0.1, -0.05) is 24.3 Å². The smallest absolute Gasteiger partial charge is 0.329 e. The zero-order valence-electron chi connectivity index (χ0n) is 11.1. The van der Waals surface area contributed by atoms with Crippen LogP contribution in [0, 0.1) is 0 Å². The van der Waals surface area contributed by atoms with Gasteiger partial charge in [0.1, 0.15) is 6.61 Å². The highest BCUT2D eigenvalue weighted by Crippen LogP contribution is 2.35. The van der Waals surface area contributed by atoms with E-state index in [-0.39, 0.29) is 5.91 Å². The third kappa shape index (κ3) is 2.68. The highest BCUT2D eigenvalue weighted by atomic mass is 32.1. The lowest BCUT2D eigenvalue weighted by Crippen LogP contribution is -2.30. The lowest BCUT2D eigenvalue weighted by atomic mass is 10.1. The number of rotatable bonds is 5. The number of nitrogens with zero attached hydrogens (tertiary/aromatic N) is 1. The Morgan fingerprint density at radius 3 is 2.81 bits per heavy atom. The van der Waals surface area contributed by atoms with Crippen LogP contribution in [0.5, 0.6) is 0 Å². The van der Waals surface area contributed by atoms with Crippen LogP contribution in [0.25, 0.3) is 0 Å². The largest absolute Gasteiger partial charge is 0.480 e. The fourth-order valence-electron chi connectivity index (χ4n) is 2.39. The molecule has 1 aliphatic rings. The van der Waals surface area contributed by atoms with Crippen LogP contribution in [-0.2, 0) is 16.1 Å². The number of carbonyl (C=O) groups is 2. The predicted molar refractivity (Wildman–Crippen MR) is 77.0 cm³/mol. The molecule has 0 aliphatic carbocycles. The van der Waals surface area contributed by atoms with Crippen molar-refractivity contribution in [2.24, 2.45) is 0 Å². The molecule has 21 heavy (non-hydrogen) atoms. The molecule has 1 atom stereocenters. The molecule has 0 radical (unpaired) electrons. The Morgan fingerprint density at radius 1 is 1.29 bits per heavy atom. The second kappa shape index (κ2) is 5.67. The van der Waals surface area contributed by atoms with Gasteiger partial charge in [-0.3, -0.25) is 4.79 Å².